The summed E-state index contributed by atoms with van der Waals surface area (Å²) in [6.07, 6.45) is 0. The SMILES string of the molecule is CC1(C)C(CNc2cc(OC(F)F)c(F)cc2N)C1(C)C. The molecule has 3 nitrogen and oxygen atoms in total. The van der Waals surface area contributed by atoms with Crippen LogP contribution in [0.2, 0.25) is 0 Å². The quantitative estimate of drug-likeness (QED) is 0.805. The van der Waals surface area contributed by atoms with E-state index in [1.807, 2.05) is 0 Å². The standard InChI is InChI=1S/C15H21F3N2O/c1-14(2)12(15(14,3)4)7-20-10-6-11(21-13(17)18)8(16)5-9(10)19/h5-6,12-13,20H,7,19H2,1-4H3. The zero-order valence-electron chi connectivity index (χ0n) is 12.6. The Labute approximate surface area is 122 Å². The number of rotatable bonds is 5. The number of hydrogen-bond donors (Lipinski definition) is 2. The monoisotopic (exact) mass is 302 g/mol. The van der Waals surface area contributed by atoms with E-state index in [1.165, 1.54) is 6.07 Å². The first-order valence-electron chi connectivity index (χ1n) is 6.85. The van der Waals surface area contributed by atoms with Gasteiger partial charge in [0.05, 0.1) is 11.4 Å². The number of hydrogen-bond acceptors (Lipinski definition) is 3. The topological polar surface area (TPSA) is 47.3 Å². The van der Waals surface area contributed by atoms with E-state index in [0.29, 0.717) is 18.2 Å². The highest BCUT2D eigenvalue weighted by Crippen LogP contribution is 2.68. The molecule has 1 aromatic rings. The van der Waals surface area contributed by atoms with Crippen LogP contribution in [0.15, 0.2) is 12.1 Å². The molecule has 21 heavy (non-hydrogen) atoms. The zero-order chi connectivity index (χ0) is 16.0. The van der Waals surface area contributed by atoms with E-state index in [1.54, 1.807) is 0 Å². The third-order valence-corrected chi connectivity index (χ3v) is 5.14. The second-order valence-electron chi connectivity index (χ2n) is 6.63. The number of halogens is 3. The van der Waals surface area contributed by atoms with Crippen molar-refractivity contribution < 1.29 is 17.9 Å². The van der Waals surface area contributed by atoms with Gasteiger partial charge in [0.1, 0.15) is 0 Å². The molecule has 0 aromatic heterocycles. The van der Waals surface area contributed by atoms with Gasteiger partial charge in [-0.3, -0.25) is 0 Å². The van der Waals surface area contributed by atoms with E-state index in [-0.39, 0.29) is 16.5 Å². The minimum atomic E-state index is -3.07. The van der Waals surface area contributed by atoms with Gasteiger partial charge < -0.3 is 15.8 Å². The Hall–Kier alpha value is -1.59. The summed E-state index contributed by atoms with van der Waals surface area (Å²) in [5, 5.41) is 3.11. The lowest BCUT2D eigenvalue weighted by Gasteiger charge is -2.13. The van der Waals surface area contributed by atoms with E-state index in [0.717, 1.165) is 6.07 Å². The average Bonchev–Trinajstić information content (AvgIpc) is 2.71. The van der Waals surface area contributed by atoms with Crippen LogP contribution in [0.1, 0.15) is 27.7 Å². The van der Waals surface area contributed by atoms with Gasteiger partial charge in [-0.15, -0.1) is 0 Å². The van der Waals surface area contributed by atoms with E-state index in [9.17, 15) is 13.2 Å². The summed E-state index contributed by atoms with van der Waals surface area (Å²) in [7, 11) is 0. The maximum Gasteiger partial charge on any atom is 0.387 e. The molecule has 6 heteroatoms. The number of nitrogen functional groups attached to an aromatic ring is 1. The molecule has 118 valence electrons. The minimum Gasteiger partial charge on any atom is -0.432 e. The molecular formula is C15H21F3N2O. The van der Waals surface area contributed by atoms with Gasteiger partial charge in [-0.05, 0) is 16.7 Å². The van der Waals surface area contributed by atoms with Crippen molar-refractivity contribution in [3.05, 3.63) is 17.9 Å². The van der Waals surface area contributed by atoms with Crippen molar-refractivity contribution in [2.75, 3.05) is 17.6 Å². The minimum absolute atomic E-state index is 0.172. The van der Waals surface area contributed by atoms with Crippen LogP contribution >= 0.6 is 0 Å². The number of ether oxygens (including phenoxy) is 1. The number of nitrogens with two attached hydrogens (primary N) is 1. The fourth-order valence-electron chi connectivity index (χ4n) is 2.96. The average molecular weight is 302 g/mol. The van der Waals surface area contributed by atoms with Crippen LogP contribution in [-0.2, 0) is 0 Å². The smallest absolute Gasteiger partial charge is 0.387 e. The Morgan fingerprint density at radius 1 is 1.24 bits per heavy atom. The third-order valence-electron chi connectivity index (χ3n) is 5.14. The Bertz CT molecular complexity index is 530. The molecule has 1 aliphatic carbocycles. The van der Waals surface area contributed by atoms with Crippen molar-refractivity contribution in [1.29, 1.82) is 0 Å². The molecule has 3 N–H and O–H groups in total. The van der Waals surface area contributed by atoms with Gasteiger partial charge in [0.25, 0.3) is 0 Å². The summed E-state index contributed by atoms with van der Waals surface area (Å²) >= 11 is 0. The fourth-order valence-corrected chi connectivity index (χ4v) is 2.96. The first-order chi connectivity index (χ1) is 9.57. The molecule has 0 radical (unpaired) electrons. The van der Waals surface area contributed by atoms with Crippen LogP contribution < -0.4 is 15.8 Å². The van der Waals surface area contributed by atoms with Crippen LogP contribution in [0.25, 0.3) is 0 Å². The molecule has 0 bridgehead atoms. The molecule has 2 rings (SSSR count). The molecule has 0 atom stereocenters. The molecule has 0 unspecified atom stereocenters. The van der Waals surface area contributed by atoms with E-state index in [2.05, 4.69) is 37.7 Å². The second kappa shape index (κ2) is 5.00. The van der Waals surface area contributed by atoms with Gasteiger partial charge >= 0.3 is 6.61 Å². The summed E-state index contributed by atoms with van der Waals surface area (Å²) in [6.45, 7) is 6.29. The van der Waals surface area contributed by atoms with E-state index >= 15 is 0 Å². The number of benzene rings is 1. The lowest BCUT2D eigenvalue weighted by atomic mass is 10.0. The number of alkyl halides is 2. The molecule has 1 aromatic carbocycles. The highest BCUT2D eigenvalue weighted by atomic mass is 19.3. The summed E-state index contributed by atoms with van der Waals surface area (Å²) in [6, 6.07) is 2.17. The molecule has 1 saturated carbocycles. The maximum atomic E-state index is 13.5. The normalized spacial score (nSPS) is 19.6. The predicted octanol–water partition coefficient (Wildman–Crippen LogP) is 4.10. The largest absolute Gasteiger partial charge is 0.432 e. The van der Waals surface area contributed by atoms with Gasteiger partial charge in [-0.25, -0.2) is 4.39 Å². The van der Waals surface area contributed by atoms with Crippen LogP contribution in [-0.4, -0.2) is 13.2 Å². The second-order valence-corrected chi connectivity index (χ2v) is 6.63. The first kappa shape index (κ1) is 15.8. The van der Waals surface area contributed by atoms with Crippen LogP contribution in [0.3, 0.4) is 0 Å². The van der Waals surface area contributed by atoms with Gasteiger partial charge in [0.2, 0.25) is 0 Å². The molecule has 1 fully saturated rings. The van der Waals surface area contributed by atoms with Crippen LogP contribution in [0.4, 0.5) is 24.5 Å². The molecular weight excluding hydrogens is 281 g/mol. The van der Waals surface area contributed by atoms with Gasteiger partial charge in [0, 0.05) is 18.7 Å². The van der Waals surface area contributed by atoms with Crippen molar-refractivity contribution in [2.45, 2.75) is 34.3 Å². The zero-order valence-corrected chi connectivity index (χ0v) is 12.6. The Kier molecular flexibility index (Phi) is 3.76. The van der Waals surface area contributed by atoms with Crippen molar-refractivity contribution in [3.8, 4) is 5.75 Å². The maximum absolute atomic E-state index is 13.5. The molecule has 0 spiro atoms. The highest BCUT2D eigenvalue weighted by molar-refractivity contribution is 5.68. The van der Waals surface area contributed by atoms with Crippen molar-refractivity contribution in [2.24, 2.45) is 16.7 Å². The van der Waals surface area contributed by atoms with Crippen molar-refractivity contribution in [3.63, 3.8) is 0 Å². The Balaban J connectivity index is 2.10. The van der Waals surface area contributed by atoms with E-state index in [4.69, 9.17) is 5.73 Å². The Morgan fingerprint density at radius 2 is 1.81 bits per heavy atom. The summed E-state index contributed by atoms with van der Waals surface area (Å²) in [4.78, 5) is 0. The molecule has 0 amide bonds. The van der Waals surface area contributed by atoms with Gasteiger partial charge in [0.15, 0.2) is 11.6 Å². The van der Waals surface area contributed by atoms with Crippen LogP contribution in [0, 0.1) is 22.6 Å². The molecule has 1 aliphatic rings. The summed E-state index contributed by atoms with van der Waals surface area (Å²) in [5.41, 5.74) is 6.68. The molecule has 0 heterocycles. The Morgan fingerprint density at radius 3 is 2.29 bits per heavy atom. The fraction of sp³-hybridized carbons (Fsp3) is 0.600. The lowest BCUT2D eigenvalue weighted by Crippen LogP contribution is -2.11. The van der Waals surface area contributed by atoms with Crippen LogP contribution in [0.5, 0.6) is 5.75 Å². The van der Waals surface area contributed by atoms with Gasteiger partial charge in [-0.1, -0.05) is 27.7 Å². The van der Waals surface area contributed by atoms with Gasteiger partial charge in [-0.2, -0.15) is 8.78 Å². The predicted molar refractivity (Wildman–Crippen MR) is 77.0 cm³/mol. The van der Waals surface area contributed by atoms with Crippen molar-refractivity contribution in [1.82, 2.24) is 0 Å². The number of anilines is 2. The lowest BCUT2D eigenvalue weighted by molar-refractivity contribution is -0.0521. The summed E-state index contributed by atoms with van der Waals surface area (Å²) < 4.78 is 42.1. The van der Waals surface area contributed by atoms with Crippen molar-refractivity contribution >= 4 is 11.4 Å². The first-order valence-corrected chi connectivity index (χ1v) is 6.85. The molecule has 0 aliphatic heterocycles. The van der Waals surface area contributed by atoms with E-state index < -0.39 is 18.2 Å². The molecule has 0 saturated heterocycles. The third kappa shape index (κ3) is 2.76. The summed E-state index contributed by atoms with van der Waals surface area (Å²) in [5.74, 6) is -0.977. The number of nitrogens with one attached hydrogen (secondary N) is 1. The highest BCUT2D eigenvalue weighted by Gasteiger charge is 2.64.